The first-order chi connectivity index (χ1) is 14.9. The molecule has 0 aliphatic carbocycles. The zero-order chi connectivity index (χ0) is 22.0. The molecule has 0 radical (unpaired) electrons. The summed E-state index contributed by atoms with van der Waals surface area (Å²) in [7, 11) is 0. The van der Waals surface area contributed by atoms with Crippen LogP contribution in [0.5, 0.6) is 0 Å². The second kappa shape index (κ2) is 9.06. The van der Waals surface area contributed by atoms with Crippen molar-refractivity contribution in [1.29, 1.82) is 0 Å². The standard InChI is InChI=1S/C24H30N4O3/c1-17-9-10-25-18(2)22(17)23(29)27-15-19-13-26(14-20(19)16-27)11-6-12-28(24(30)31)21-7-4-3-5-8-21/h3-5,7-10,19-20H,6,11-16H2,1-2H3,(H,30,31). The zero-order valence-electron chi connectivity index (χ0n) is 18.2. The summed E-state index contributed by atoms with van der Waals surface area (Å²) >= 11 is 0. The average molecular weight is 423 g/mol. The van der Waals surface area contributed by atoms with Gasteiger partial charge >= 0.3 is 6.09 Å². The van der Waals surface area contributed by atoms with Crippen molar-refractivity contribution in [2.45, 2.75) is 20.3 Å². The Morgan fingerprint density at radius 1 is 1.06 bits per heavy atom. The van der Waals surface area contributed by atoms with Gasteiger partial charge in [0.25, 0.3) is 5.91 Å². The third kappa shape index (κ3) is 4.56. The van der Waals surface area contributed by atoms with Crippen molar-refractivity contribution in [3.05, 3.63) is 59.4 Å². The molecule has 2 aliphatic heterocycles. The molecule has 2 unspecified atom stereocenters. The van der Waals surface area contributed by atoms with Crippen molar-refractivity contribution in [3.8, 4) is 0 Å². The molecular formula is C24H30N4O3. The van der Waals surface area contributed by atoms with Gasteiger partial charge in [-0.25, -0.2) is 4.79 Å². The molecule has 4 rings (SSSR count). The SMILES string of the molecule is Cc1ccnc(C)c1C(=O)N1CC2CN(CCCN(C(=O)O)c3ccccc3)CC2C1. The van der Waals surface area contributed by atoms with Crippen LogP contribution in [0.2, 0.25) is 0 Å². The number of carbonyl (C=O) groups excluding carboxylic acids is 1. The van der Waals surface area contributed by atoms with Gasteiger partial charge in [0.05, 0.1) is 11.3 Å². The van der Waals surface area contributed by atoms with Crippen molar-refractivity contribution in [3.63, 3.8) is 0 Å². The number of likely N-dealkylation sites (tertiary alicyclic amines) is 2. The zero-order valence-corrected chi connectivity index (χ0v) is 18.2. The molecule has 0 bridgehead atoms. The van der Waals surface area contributed by atoms with Crippen molar-refractivity contribution in [1.82, 2.24) is 14.8 Å². The Morgan fingerprint density at radius 2 is 1.74 bits per heavy atom. The van der Waals surface area contributed by atoms with Crippen LogP contribution in [-0.2, 0) is 0 Å². The summed E-state index contributed by atoms with van der Waals surface area (Å²) in [6, 6.07) is 11.1. The average Bonchev–Trinajstić information content (AvgIpc) is 3.30. The molecule has 164 valence electrons. The molecular weight excluding hydrogens is 392 g/mol. The number of fused-ring (bicyclic) bond motifs is 1. The minimum Gasteiger partial charge on any atom is -0.465 e. The Kier molecular flexibility index (Phi) is 6.23. The van der Waals surface area contributed by atoms with Crippen LogP contribution in [0.3, 0.4) is 0 Å². The summed E-state index contributed by atoms with van der Waals surface area (Å²) < 4.78 is 0. The van der Waals surface area contributed by atoms with Crippen LogP contribution in [-0.4, -0.2) is 71.2 Å². The van der Waals surface area contributed by atoms with E-state index in [2.05, 4.69) is 9.88 Å². The molecule has 7 heteroatoms. The number of benzene rings is 1. The van der Waals surface area contributed by atoms with E-state index in [1.165, 1.54) is 4.90 Å². The predicted octanol–water partition coefficient (Wildman–Crippen LogP) is 3.28. The first kappa shape index (κ1) is 21.3. The van der Waals surface area contributed by atoms with Crippen molar-refractivity contribution < 1.29 is 14.7 Å². The Balaban J connectivity index is 1.28. The minimum absolute atomic E-state index is 0.101. The Morgan fingerprint density at radius 3 is 2.35 bits per heavy atom. The molecule has 7 nitrogen and oxygen atoms in total. The highest BCUT2D eigenvalue weighted by atomic mass is 16.4. The first-order valence-corrected chi connectivity index (χ1v) is 10.9. The highest BCUT2D eigenvalue weighted by Gasteiger charge is 2.41. The van der Waals surface area contributed by atoms with Gasteiger partial charge in [0.2, 0.25) is 0 Å². The third-order valence-electron chi connectivity index (χ3n) is 6.57. The van der Waals surface area contributed by atoms with Gasteiger partial charge in [-0.2, -0.15) is 0 Å². The van der Waals surface area contributed by atoms with Crippen LogP contribution >= 0.6 is 0 Å². The number of aromatic nitrogens is 1. The van der Waals surface area contributed by atoms with E-state index in [0.29, 0.717) is 24.1 Å². The number of amides is 2. The van der Waals surface area contributed by atoms with Crippen LogP contribution in [0.1, 0.15) is 28.0 Å². The lowest BCUT2D eigenvalue weighted by molar-refractivity contribution is 0.0772. The number of hydrogen-bond donors (Lipinski definition) is 1. The van der Waals surface area contributed by atoms with E-state index in [1.54, 1.807) is 6.20 Å². The third-order valence-corrected chi connectivity index (χ3v) is 6.57. The van der Waals surface area contributed by atoms with Gasteiger partial charge in [-0.15, -0.1) is 0 Å². The molecule has 2 atom stereocenters. The molecule has 1 aromatic heterocycles. The summed E-state index contributed by atoms with van der Waals surface area (Å²) in [6.45, 7) is 8.74. The van der Waals surface area contributed by atoms with Crippen molar-refractivity contribution >= 4 is 17.7 Å². The van der Waals surface area contributed by atoms with Gasteiger partial charge < -0.3 is 14.9 Å². The maximum atomic E-state index is 13.1. The number of para-hydroxylation sites is 1. The fourth-order valence-electron chi connectivity index (χ4n) is 5.01. The Bertz CT molecular complexity index is 915. The molecule has 1 N–H and O–H groups in total. The molecule has 2 fully saturated rings. The van der Waals surface area contributed by atoms with Crippen molar-refractivity contribution in [2.75, 3.05) is 44.2 Å². The summed E-state index contributed by atoms with van der Waals surface area (Å²) in [6.07, 6.45) is 1.62. The number of rotatable bonds is 6. The number of aryl methyl sites for hydroxylation is 2. The molecule has 2 aromatic rings. The van der Waals surface area contributed by atoms with E-state index in [-0.39, 0.29) is 5.91 Å². The summed E-state index contributed by atoms with van der Waals surface area (Å²) in [5.41, 5.74) is 3.24. The van der Waals surface area contributed by atoms with E-state index < -0.39 is 6.09 Å². The summed E-state index contributed by atoms with van der Waals surface area (Å²) in [4.78, 5) is 34.8. The number of carbonyl (C=O) groups is 2. The van der Waals surface area contributed by atoms with Crippen LogP contribution in [0.15, 0.2) is 42.6 Å². The lowest BCUT2D eigenvalue weighted by Gasteiger charge is -2.24. The van der Waals surface area contributed by atoms with E-state index in [0.717, 1.165) is 56.0 Å². The van der Waals surface area contributed by atoms with Crippen LogP contribution in [0.25, 0.3) is 0 Å². The second-order valence-electron chi connectivity index (χ2n) is 8.70. The summed E-state index contributed by atoms with van der Waals surface area (Å²) in [5, 5.41) is 9.53. The quantitative estimate of drug-likeness (QED) is 0.773. The molecule has 3 heterocycles. The highest BCUT2D eigenvalue weighted by molar-refractivity contribution is 5.96. The number of pyridine rings is 1. The van der Waals surface area contributed by atoms with E-state index >= 15 is 0 Å². The van der Waals surface area contributed by atoms with Gasteiger partial charge in [0, 0.05) is 44.6 Å². The maximum absolute atomic E-state index is 13.1. The molecule has 1 aromatic carbocycles. The minimum atomic E-state index is -0.917. The second-order valence-corrected chi connectivity index (χ2v) is 8.70. The predicted molar refractivity (Wildman–Crippen MR) is 119 cm³/mol. The van der Waals surface area contributed by atoms with E-state index in [1.807, 2.05) is 55.1 Å². The molecule has 0 spiro atoms. The van der Waals surface area contributed by atoms with E-state index in [4.69, 9.17) is 0 Å². The number of carboxylic acid groups (broad SMARTS) is 1. The van der Waals surface area contributed by atoms with Crippen LogP contribution in [0.4, 0.5) is 10.5 Å². The largest absolute Gasteiger partial charge is 0.465 e. The van der Waals surface area contributed by atoms with Crippen LogP contribution < -0.4 is 4.90 Å². The fourth-order valence-corrected chi connectivity index (χ4v) is 5.01. The summed E-state index contributed by atoms with van der Waals surface area (Å²) in [5.74, 6) is 1.08. The van der Waals surface area contributed by atoms with Gasteiger partial charge in [0.1, 0.15) is 0 Å². The van der Waals surface area contributed by atoms with Gasteiger partial charge in [-0.3, -0.25) is 14.7 Å². The van der Waals surface area contributed by atoms with E-state index in [9.17, 15) is 14.7 Å². The maximum Gasteiger partial charge on any atom is 0.411 e. The monoisotopic (exact) mass is 422 g/mol. The smallest absolute Gasteiger partial charge is 0.411 e. The first-order valence-electron chi connectivity index (χ1n) is 10.9. The number of hydrogen-bond acceptors (Lipinski definition) is 4. The lowest BCUT2D eigenvalue weighted by atomic mass is 10.0. The van der Waals surface area contributed by atoms with Gasteiger partial charge in [-0.1, -0.05) is 18.2 Å². The fraction of sp³-hybridized carbons (Fsp3) is 0.458. The molecule has 31 heavy (non-hydrogen) atoms. The lowest BCUT2D eigenvalue weighted by Crippen LogP contribution is -2.36. The number of nitrogens with zero attached hydrogens (tertiary/aromatic N) is 4. The highest BCUT2D eigenvalue weighted by Crippen LogP contribution is 2.32. The topological polar surface area (TPSA) is 77.0 Å². The molecule has 2 amide bonds. The Labute approximate surface area is 183 Å². The Hall–Kier alpha value is -2.93. The van der Waals surface area contributed by atoms with Gasteiger partial charge in [0.15, 0.2) is 0 Å². The van der Waals surface area contributed by atoms with Crippen LogP contribution in [0, 0.1) is 25.7 Å². The molecule has 0 saturated carbocycles. The molecule has 2 saturated heterocycles. The van der Waals surface area contributed by atoms with Crippen molar-refractivity contribution in [2.24, 2.45) is 11.8 Å². The normalized spacial score (nSPS) is 20.6. The number of anilines is 1. The molecule has 2 aliphatic rings. The van der Waals surface area contributed by atoms with Gasteiger partial charge in [-0.05, 0) is 62.4 Å².